The topological polar surface area (TPSA) is 59.3 Å². The van der Waals surface area contributed by atoms with Crippen LogP contribution in [0.4, 0.5) is 0 Å². The van der Waals surface area contributed by atoms with Crippen LogP contribution in [0.3, 0.4) is 0 Å². The number of hydrogen-bond donors (Lipinski definition) is 1. The summed E-state index contributed by atoms with van der Waals surface area (Å²) >= 11 is 1.54. The van der Waals surface area contributed by atoms with Crippen molar-refractivity contribution in [3.63, 3.8) is 0 Å². The monoisotopic (exact) mass is 301 g/mol. The van der Waals surface area contributed by atoms with Crippen molar-refractivity contribution in [1.29, 1.82) is 0 Å². The van der Waals surface area contributed by atoms with Crippen molar-refractivity contribution in [3.8, 4) is 0 Å². The second-order valence-electron chi connectivity index (χ2n) is 5.00. The molecular weight excluding hydrogens is 286 g/mol. The third-order valence-electron chi connectivity index (χ3n) is 3.90. The summed E-state index contributed by atoms with van der Waals surface area (Å²) in [7, 11) is 0. The minimum atomic E-state index is -0.824. The molecule has 1 aromatic heterocycles. The predicted molar refractivity (Wildman–Crippen MR) is 81.1 cm³/mol. The van der Waals surface area contributed by atoms with Gasteiger partial charge < -0.3 is 9.67 Å². The fraction of sp³-hybridized carbons (Fsp3) is 0.250. The van der Waals surface area contributed by atoms with Crippen molar-refractivity contribution in [2.24, 2.45) is 0 Å². The van der Waals surface area contributed by atoms with Gasteiger partial charge in [-0.3, -0.25) is 9.59 Å². The standard InChI is InChI=1S/C16H15NO3S/c1-21-14-5-3-2-4-11(14)15(18)13-7-6-12-10(16(19)20)8-9-17(12)13/h2-7,10H,8-9H2,1H3,(H,19,20). The lowest BCUT2D eigenvalue weighted by atomic mass is 10.1. The number of carboxylic acids is 1. The number of ketones is 1. The van der Waals surface area contributed by atoms with Gasteiger partial charge in [0.1, 0.15) is 0 Å². The number of aromatic nitrogens is 1. The number of carboxylic acid groups (broad SMARTS) is 1. The van der Waals surface area contributed by atoms with Crippen LogP contribution in [0.1, 0.15) is 34.1 Å². The van der Waals surface area contributed by atoms with Gasteiger partial charge in [-0.2, -0.15) is 0 Å². The Kier molecular flexibility index (Phi) is 3.59. The summed E-state index contributed by atoms with van der Waals surface area (Å²) in [6, 6.07) is 11.0. The Bertz CT molecular complexity index is 720. The molecule has 108 valence electrons. The summed E-state index contributed by atoms with van der Waals surface area (Å²) in [5.41, 5.74) is 1.98. The summed E-state index contributed by atoms with van der Waals surface area (Å²) < 4.78 is 1.85. The molecule has 1 unspecified atom stereocenters. The van der Waals surface area contributed by atoms with E-state index in [0.717, 1.165) is 10.6 Å². The third-order valence-corrected chi connectivity index (χ3v) is 4.69. The highest BCUT2D eigenvalue weighted by molar-refractivity contribution is 7.98. The van der Waals surface area contributed by atoms with E-state index in [-0.39, 0.29) is 5.78 Å². The summed E-state index contributed by atoms with van der Waals surface area (Å²) in [5.74, 6) is -1.37. The summed E-state index contributed by atoms with van der Waals surface area (Å²) in [5, 5.41) is 9.21. The molecular formula is C16H15NO3S. The molecule has 0 saturated heterocycles. The molecule has 1 N–H and O–H groups in total. The highest BCUT2D eigenvalue weighted by Gasteiger charge is 2.31. The molecule has 2 aromatic rings. The zero-order valence-electron chi connectivity index (χ0n) is 11.6. The molecule has 0 amide bonds. The van der Waals surface area contributed by atoms with Gasteiger partial charge in [0, 0.05) is 22.7 Å². The Labute approximate surface area is 126 Å². The van der Waals surface area contributed by atoms with E-state index < -0.39 is 11.9 Å². The van der Waals surface area contributed by atoms with Crippen LogP contribution in [-0.4, -0.2) is 27.7 Å². The van der Waals surface area contributed by atoms with Crippen molar-refractivity contribution in [2.45, 2.75) is 23.8 Å². The van der Waals surface area contributed by atoms with E-state index in [0.29, 0.717) is 24.2 Å². The van der Waals surface area contributed by atoms with Crippen molar-refractivity contribution >= 4 is 23.5 Å². The summed E-state index contributed by atoms with van der Waals surface area (Å²) in [4.78, 5) is 24.9. The Balaban J connectivity index is 2.01. The Morgan fingerprint density at radius 2 is 2.00 bits per heavy atom. The number of thioether (sulfide) groups is 1. The molecule has 1 aromatic carbocycles. The molecule has 0 bridgehead atoms. The number of aliphatic carboxylic acids is 1. The number of hydrogen-bond acceptors (Lipinski definition) is 3. The Hall–Kier alpha value is -2.01. The van der Waals surface area contributed by atoms with E-state index in [1.165, 1.54) is 11.8 Å². The number of nitrogens with zero attached hydrogens (tertiary/aromatic N) is 1. The van der Waals surface area contributed by atoms with Crippen molar-refractivity contribution in [1.82, 2.24) is 4.57 Å². The molecule has 5 heteroatoms. The maximum absolute atomic E-state index is 12.7. The average Bonchev–Trinajstić information content (AvgIpc) is 3.07. The van der Waals surface area contributed by atoms with Crippen LogP contribution in [-0.2, 0) is 11.3 Å². The molecule has 1 aliphatic heterocycles. The number of benzene rings is 1. The normalized spacial score (nSPS) is 16.7. The number of rotatable bonds is 4. The van der Waals surface area contributed by atoms with Gasteiger partial charge in [-0.1, -0.05) is 12.1 Å². The number of carbonyl (C=O) groups excluding carboxylic acids is 1. The van der Waals surface area contributed by atoms with Crippen LogP contribution < -0.4 is 0 Å². The Morgan fingerprint density at radius 1 is 1.24 bits per heavy atom. The fourth-order valence-electron chi connectivity index (χ4n) is 2.86. The van der Waals surface area contributed by atoms with E-state index in [1.54, 1.807) is 12.1 Å². The van der Waals surface area contributed by atoms with Crippen LogP contribution in [0.15, 0.2) is 41.3 Å². The van der Waals surface area contributed by atoms with Gasteiger partial charge in [-0.15, -0.1) is 11.8 Å². The van der Waals surface area contributed by atoms with E-state index in [2.05, 4.69) is 0 Å². The lowest BCUT2D eigenvalue weighted by molar-refractivity contribution is -0.138. The first kappa shape index (κ1) is 13.9. The average molecular weight is 301 g/mol. The van der Waals surface area contributed by atoms with Gasteiger partial charge >= 0.3 is 5.97 Å². The lowest BCUT2D eigenvalue weighted by Gasteiger charge is -2.08. The van der Waals surface area contributed by atoms with Crippen molar-refractivity contribution in [2.75, 3.05) is 6.26 Å². The molecule has 0 spiro atoms. The second kappa shape index (κ2) is 5.41. The SMILES string of the molecule is CSc1ccccc1C(=O)c1ccc2n1CCC2C(=O)O. The maximum atomic E-state index is 12.7. The van der Waals surface area contributed by atoms with Crippen LogP contribution >= 0.6 is 11.8 Å². The molecule has 4 nitrogen and oxygen atoms in total. The second-order valence-corrected chi connectivity index (χ2v) is 5.85. The van der Waals surface area contributed by atoms with E-state index in [9.17, 15) is 14.7 Å². The molecule has 2 heterocycles. The predicted octanol–water partition coefficient (Wildman–Crippen LogP) is 3.01. The van der Waals surface area contributed by atoms with Gasteiger partial charge in [-0.25, -0.2) is 0 Å². The molecule has 21 heavy (non-hydrogen) atoms. The Morgan fingerprint density at radius 3 is 2.71 bits per heavy atom. The first-order valence-electron chi connectivity index (χ1n) is 6.73. The first-order chi connectivity index (χ1) is 10.1. The minimum absolute atomic E-state index is 0.0442. The highest BCUT2D eigenvalue weighted by Crippen LogP contribution is 2.32. The molecule has 0 fully saturated rings. The summed E-state index contributed by atoms with van der Waals surface area (Å²) in [6.07, 6.45) is 2.49. The maximum Gasteiger partial charge on any atom is 0.312 e. The van der Waals surface area contributed by atoms with Gasteiger partial charge in [0.05, 0.1) is 11.6 Å². The van der Waals surface area contributed by atoms with Gasteiger partial charge in [0.2, 0.25) is 5.78 Å². The van der Waals surface area contributed by atoms with E-state index >= 15 is 0 Å². The molecule has 0 aliphatic carbocycles. The molecule has 0 radical (unpaired) electrons. The van der Waals surface area contributed by atoms with Crippen LogP contribution in [0, 0.1) is 0 Å². The van der Waals surface area contributed by atoms with Crippen molar-refractivity contribution in [3.05, 3.63) is 53.3 Å². The van der Waals surface area contributed by atoms with Crippen LogP contribution in [0.25, 0.3) is 0 Å². The van der Waals surface area contributed by atoms with Gasteiger partial charge in [0.25, 0.3) is 0 Å². The minimum Gasteiger partial charge on any atom is -0.481 e. The number of carbonyl (C=O) groups is 2. The molecule has 0 saturated carbocycles. The quantitative estimate of drug-likeness (QED) is 0.696. The van der Waals surface area contributed by atoms with E-state index in [4.69, 9.17) is 0 Å². The third kappa shape index (κ3) is 2.27. The van der Waals surface area contributed by atoms with E-state index in [1.807, 2.05) is 35.1 Å². The molecule has 3 rings (SSSR count). The smallest absolute Gasteiger partial charge is 0.312 e. The number of fused-ring (bicyclic) bond motifs is 1. The zero-order valence-corrected chi connectivity index (χ0v) is 12.4. The lowest BCUT2D eigenvalue weighted by Crippen LogP contribution is -2.10. The highest BCUT2D eigenvalue weighted by atomic mass is 32.2. The van der Waals surface area contributed by atoms with Crippen LogP contribution in [0.5, 0.6) is 0 Å². The molecule has 1 aliphatic rings. The largest absolute Gasteiger partial charge is 0.481 e. The van der Waals surface area contributed by atoms with Crippen molar-refractivity contribution < 1.29 is 14.7 Å². The zero-order chi connectivity index (χ0) is 15.0. The van der Waals surface area contributed by atoms with Gasteiger partial charge in [-0.05, 0) is 36.9 Å². The van der Waals surface area contributed by atoms with Gasteiger partial charge in [0.15, 0.2) is 0 Å². The van der Waals surface area contributed by atoms with Crippen LogP contribution in [0.2, 0.25) is 0 Å². The summed E-state index contributed by atoms with van der Waals surface area (Å²) in [6.45, 7) is 0.585. The first-order valence-corrected chi connectivity index (χ1v) is 7.96. The molecule has 1 atom stereocenters. The fourth-order valence-corrected chi connectivity index (χ4v) is 3.46.